The first-order valence-electron chi connectivity index (χ1n) is 23.1. The first kappa shape index (κ1) is 59.4. The lowest BCUT2D eigenvalue weighted by atomic mass is 9.96. The number of carbonyl (C=O) groups is 11. The lowest BCUT2D eigenvalue weighted by molar-refractivity contribution is -0.142. The first-order valence-corrected chi connectivity index (χ1v) is 25.6. The molecule has 27 nitrogen and oxygen atoms in total. The second-order valence-electron chi connectivity index (χ2n) is 17.2. The van der Waals surface area contributed by atoms with Gasteiger partial charge in [-0.2, -0.15) is 0 Å². The van der Waals surface area contributed by atoms with Crippen LogP contribution in [0.4, 0.5) is 0 Å². The molecular formula is C43H67N15O12S2. The quantitative estimate of drug-likeness (QED) is 0.0266. The molecule has 72 heavy (non-hydrogen) atoms. The van der Waals surface area contributed by atoms with Crippen molar-refractivity contribution < 1.29 is 57.8 Å². The number of phenolic OH excluding ortho intramolecular Hbond substituents is 1. The van der Waals surface area contributed by atoms with Crippen molar-refractivity contribution >= 4 is 92.5 Å². The van der Waals surface area contributed by atoms with E-state index in [4.69, 9.17) is 34.4 Å². The van der Waals surface area contributed by atoms with Gasteiger partial charge in [0.2, 0.25) is 65.0 Å². The molecule has 0 aliphatic carbocycles. The molecular weight excluding hydrogens is 983 g/mol. The molecule has 0 radical (unpaired) electrons. The summed E-state index contributed by atoms with van der Waals surface area (Å²) in [4.78, 5) is 152. The average Bonchev–Trinajstić information content (AvgIpc) is 3.82. The van der Waals surface area contributed by atoms with Gasteiger partial charge >= 0.3 is 0 Å². The van der Waals surface area contributed by atoms with Gasteiger partial charge in [-0.05, 0) is 55.7 Å². The van der Waals surface area contributed by atoms with E-state index in [0.29, 0.717) is 18.4 Å². The molecule has 1 aromatic carbocycles. The zero-order valence-corrected chi connectivity index (χ0v) is 41.7. The van der Waals surface area contributed by atoms with Crippen molar-refractivity contribution in [2.75, 3.05) is 31.1 Å². The highest BCUT2D eigenvalue weighted by Gasteiger charge is 2.41. The number of amides is 11. The normalized spacial score (nSPS) is 23.6. The Morgan fingerprint density at radius 2 is 1.43 bits per heavy atom. The molecule has 0 saturated carbocycles. The molecule has 2 aliphatic heterocycles. The van der Waals surface area contributed by atoms with E-state index in [9.17, 15) is 57.8 Å². The minimum Gasteiger partial charge on any atom is -0.508 e. The topological polar surface area (TPSA) is 464 Å². The van der Waals surface area contributed by atoms with Gasteiger partial charge in [0.25, 0.3) is 0 Å². The summed E-state index contributed by atoms with van der Waals surface area (Å²) in [7, 11) is 2.00. The second kappa shape index (κ2) is 29.5. The Bertz CT molecular complexity index is 2170. The highest BCUT2D eigenvalue weighted by molar-refractivity contribution is 8.76. The van der Waals surface area contributed by atoms with E-state index in [1.54, 1.807) is 13.8 Å². The lowest BCUT2D eigenvalue weighted by Crippen LogP contribution is -2.61. The lowest BCUT2D eigenvalue weighted by Gasteiger charge is -2.31. The molecule has 0 bridgehead atoms. The number of benzene rings is 1. The van der Waals surface area contributed by atoms with E-state index in [2.05, 4.69) is 42.2 Å². The average molecular weight is 1050 g/mol. The maximum absolute atomic E-state index is 14.5. The molecule has 2 heterocycles. The highest BCUT2D eigenvalue weighted by Crippen LogP contribution is 2.26. The third-order valence-corrected chi connectivity index (χ3v) is 14.0. The van der Waals surface area contributed by atoms with Crippen LogP contribution in [0.2, 0.25) is 0 Å². The van der Waals surface area contributed by atoms with Crippen LogP contribution in [-0.4, -0.2) is 160 Å². The van der Waals surface area contributed by atoms with Gasteiger partial charge in [0.1, 0.15) is 48.0 Å². The number of hydrogen-bond acceptors (Lipinski definition) is 16. The van der Waals surface area contributed by atoms with Crippen LogP contribution in [0.5, 0.6) is 5.75 Å². The second-order valence-corrected chi connectivity index (χ2v) is 19.8. The summed E-state index contributed by atoms with van der Waals surface area (Å²) in [5, 5.41) is 27.6. The standard InChI is InChI=1S/C43H67N15O12S2/c1-3-21(2)34-41(69)53-26(12-13-31(45)60)37(65)55-28(17-32(46)61)38(66)56-29(20-72-71-19-24(44)35(63)54-27(39(67)57-34)16-22-8-10-23(59)11-9-22)42(70)58-15-5-7-30(58)40(68)52-25(6-4-14-50-43(48)49)36(64)51-18-33(47)62/h8-11,21,24-30,34,59H,3-7,12-20,44H2,1-2H3,(H2,45,60)(H2,46,61)(H2,47,62)(H,51,64)(H,52,68)(H,53,69)(H,54,63)(H,55,65)(H,56,66)(H,57,67)(H4,48,49,50)/t21-,24-,25-,26?,27-,28-,29-,30-,34-/m0/s1. The number of nitrogens with zero attached hydrogens (tertiary/aromatic N) is 2. The Balaban J connectivity index is 2.04. The summed E-state index contributed by atoms with van der Waals surface area (Å²) in [6, 6.07) is -5.40. The molecule has 2 saturated heterocycles. The number of aliphatic imine (C=N–C) groups is 1. The van der Waals surface area contributed by atoms with E-state index in [1.165, 1.54) is 29.2 Å². The fourth-order valence-electron chi connectivity index (χ4n) is 7.41. The van der Waals surface area contributed by atoms with Crippen LogP contribution in [0.1, 0.15) is 70.8 Å². The molecule has 11 amide bonds. The van der Waals surface area contributed by atoms with Gasteiger partial charge in [0, 0.05) is 37.4 Å². The molecule has 2 fully saturated rings. The molecule has 20 N–H and O–H groups in total. The molecule has 1 aromatic rings. The summed E-state index contributed by atoms with van der Waals surface area (Å²) < 4.78 is 0. The van der Waals surface area contributed by atoms with Gasteiger partial charge in [0.15, 0.2) is 5.96 Å². The van der Waals surface area contributed by atoms with E-state index in [1.807, 2.05) is 0 Å². The Kier molecular flexibility index (Phi) is 24.3. The van der Waals surface area contributed by atoms with E-state index < -0.39 is 145 Å². The van der Waals surface area contributed by atoms with Crippen molar-refractivity contribution in [3.8, 4) is 5.75 Å². The van der Waals surface area contributed by atoms with E-state index in [-0.39, 0.29) is 62.0 Å². The Morgan fingerprint density at radius 3 is 2.06 bits per heavy atom. The maximum atomic E-state index is 14.5. The summed E-state index contributed by atoms with van der Waals surface area (Å²) in [5.41, 5.74) is 33.7. The number of rotatable bonds is 19. The predicted molar refractivity (Wildman–Crippen MR) is 265 cm³/mol. The monoisotopic (exact) mass is 1050 g/mol. The van der Waals surface area contributed by atoms with E-state index in [0.717, 1.165) is 21.6 Å². The van der Waals surface area contributed by atoms with Gasteiger partial charge in [-0.1, -0.05) is 54.0 Å². The first-order chi connectivity index (χ1) is 34.0. The predicted octanol–water partition coefficient (Wildman–Crippen LogP) is -5.60. The molecule has 0 aromatic heterocycles. The molecule has 3 rings (SSSR count). The van der Waals surface area contributed by atoms with Crippen LogP contribution >= 0.6 is 21.6 Å². The highest BCUT2D eigenvalue weighted by atomic mass is 33.1. The Labute approximate surface area is 423 Å². The van der Waals surface area contributed by atoms with Crippen molar-refractivity contribution in [2.24, 2.45) is 45.3 Å². The van der Waals surface area contributed by atoms with Crippen LogP contribution in [0.15, 0.2) is 29.3 Å². The number of guanidine groups is 1. The van der Waals surface area contributed by atoms with Crippen LogP contribution in [0.25, 0.3) is 0 Å². The summed E-state index contributed by atoms with van der Waals surface area (Å²) in [5.74, 6) is -10.9. The molecule has 29 heteroatoms. The van der Waals surface area contributed by atoms with Crippen molar-refractivity contribution in [1.82, 2.24) is 42.1 Å². The van der Waals surface area contributed by atoms with E-state index >= 15 is 0 Å². The number of phenols is 1. The smallest absolute Gasteiger partial charge is 0.246 e. The largest absolute Gasteiger partial charge is 0.508 e. The number of likely N-dealkylation sites (tertiary alicyclic amines) is 1. The number of nitrogens with two attached hydrogens (primary N) is 6. The zero-order chi connectivity index (χ0) is 53.7. The van der Waals surface area contributed by atoms with Crippen molar-refractivity contribution in [1.29, 1.82) is 0 Å². The zero-order valence-electron chi connectivity index (χ0n) is 40.0. The minimum absolute atomic E-state index is 0.00520. The van der Waals surface area contributed by atoms with Crippen molar-refractivity contribution in [2.45, 2.75) is 120 Å². The van der Waals surface area contributed by atoms with Crippen LogP contribution in [0, 0.1) is 5.92 Å². The third kappa shape index (κ3) is 19.7. The fraction of sp³-hybridized carbons (Fsp3) is 0.581. The van der Waals surface area contributed by atoms with Crippen molar-refractivity contribution in [3.63, 3.8) is 0 Å². The summed E-state index contributed by atoms with van der Waals surface area (Å²) >= 11 is 0. The number of hydrogen-bond donors (Lipinski definition) is 14. The molecule has 9 atom stereocenters. The number of aromatic hydroxyl groups is 1. The fourth-order valence-corrected chi connectivity index (χ4v) is 9.69. The van der Waals surface area contributed by atoms with Crippen LogP contribution < -0.4 is 71.6 Å². The number of nitrogens with one attached hydrogen (secondary N) is 7. The molecule has 2 aliphatic rings. The third-order valence-electron chi connectivity index (χ3n) is 11.5. The van der Waals surface area contributed by atoms with Crippen LogP contribution in [0.3, 0.4) is 0 Å². The van der Waals surface area contributed by atoms with Gasteiger partial charge in [-0.25, -0.2) is 0 Å². The van der Waals surface area contributed by atoms with Crippen LogP contribution in [-0.2, 0) is 59.2 Å². The Morgan fingerprint density at radius 1 is 0.806 bits per heavy atom. The summed E-state index contributed by atoms with van der Waals surface area (Å²) in [6.07, 6.45) is -0.813. The minimum atomic E-state index is -1.78. The maximum Gasteiger partial charge on any atom is 0.246 e. The summed E-state index contributed by atoms with van der Waals surface area (Å²) in [6.45, 7) is 2.95. The Hall–Kier alpha value is -6.88. The number of primary amides is 3. The SMILES string of the molecule is CC[C@H](C)[C@@H]1NC(=O)[C@H](Cc2ccc(O)cc2)NC(=O)[C@@H](N)CSSC[C@@H](C(=O)N2CCC[C@H]2C(=O)N[C@@H](CCCN=C(N)N)C(=O)NCC(N)=O)NC(=O)[C@H](CC(N)=O)NC(=O)C(CCC(N)=O)NC1=O. The van der Waals surface area contributed by atoms with Crippen molar-refractivity contribution in [3.05, 3.63) is 29.8 Å². The van der Waals surface area contributed by atoms with Gasteiger partial charge in [-0.3, -0.25) is 57.7 Å². The molecule has 398 valence electrons. The molecule has 0 spiro atoms. The van der Waals surface area contributed by atoms with Gasteiger partial charge < -0.3 is 81.6 Å². The van der Waals surface area contributed by atoms with Gasteiger partial charge in [0.05, 0.1) is 19.0 Å². The van der Waals surface area contributed by atoms with Gasteiger partial charge in [-0.15, -0.1) is 0 Å². The number of carbonyl (C=O) groups excluding carboxylic acids is 11. The molecule has 1 unspecified atom stereocenters.